The van der Waals surface area contributed by atoms with E-state index in [1.807, 2.05) is 87.5 Å². The van der Waals surface area contributed by atoms with Crippen molar-refractivity contribution in [2.75, 3.05) is 0 Å². The lowest BCUT2D eigenvalue weighted by molar-refractivity contribution is 0.0669. The number of fused-ring (bicyclic) bond motifs is 1. The van der Waals surface area contributed by atoms with Gasteiger partial charge in [-0.1, -0.05) is 65.3 Å². The number of hydrogen-bond acceptors (Lipinski definition) is 4. The molecule has 5 nitrogen and oxygen atoms in total. The van der Waals surface area contributed by atoms with Crippen LogP contribution in [0.1, 0.15) is 35.7 Å². The van der Waals surface area contributed by atoms with Gasteiger partial charge in [0.25, 0.3) is 5.91 Å². The Bertz CT molecular complexity index is 1160. The molecule has 146 valence electrons. The van der Waals surface area contributed by atoms with Gasteiger partial charge in [0.05, 0.1) is 0 Å². The quantitative estimate of drug-likeness (QED) is 0.471. The van der Waals surface area contributed by atoms with Crippen LogP contribution in [0.2, 0.25) is 0 Å². The number of nitrogens with zero attached hydrogens (tertiary/aromatic N) is 3. The van der Waals surface area contributed by atoms with Crippen LogP contribution in [-0.4, -0.2) is 27.0 Å². The second kappa shape index (κ2) is 7.87. The fraction of sp³-hybridized carbons (Fsp3) is 0.208. The third-order valence-corrected chi connectivity index (χ3v) is 4.95. The van der Waals surface area contributed by atoms with E-state index in [1.165, 1.54) is 0 Å². The average Bonchev–Trinajstić information content (AvgIpc) is 3.20. The number of aromatic nitrogens is 2. The van der Waals surface area contributed by atoms with Gasteiger partial charge in [-0.2, -0.15) is 4.98 Å². The molecule has 0 aliphatic heterocycles. The standard InChI is InChI=1S/C24H23N3O2/c1-16(2)27(24(28)21-13-7-10-18-9-4-5-12-20(18)21)15-22-25-23(26-29-22)19-11-6-8-17(3)14-19/h4-14,16H,15H2,1-3H3. The Balaban J connectivity index is 1.63. The Morgan fingerprint density at radius 3 is 2.59 bits per heavy atom. The molecular formula is C24H23N3O2. The predicted octanol–water partition coefficient (Wildman–Crippen LogP) is 5.25. The number of hydrogen-bond donors (Lipinski definition) is 0. The normalized spacial score (nSPS) is 11.2. The molecule has 0 aliphatic carbocycles. The van der Waals surface area contributed by atoms with Crippen molar-refractivity contribution in [2.24, 2.45) is 0 Å². The zero-order chi connectivity index (χ0) is 20.4. The molecule has 0 saturated carbocycles. The maximum atomic E-state index is 13.4. The summed E-state index contributed by atoms with van der Waals surface area (Å²) in [6, 6.07) is 21.6. The lowest BCUT2D eigenvalue weighted by atomic mass is 10.0. The molecule has 0 spiro atoms. The molecule has 4 rings (SSSR count). The predicted molar refractivity (Wildman–Crippen MR) is 113 cm³/mol. The van der Waals surface area contributed by atoms with Gasteiger partial charge >= 0.3 is 0 Å². The minimum Gasteiger partial charge on any atom is -0.337 e. The monoisotopic (exact) mass is 385 g/mol. The topological polar surface area (TPSA) is 59.2 Å². The lowest BCUT2D eigenvalue weighted by Gasteiger charge is -2.25. The van der Waals surface area contributed by atoms with Gasteiger partial charge in [-0.25, -0.2) is 0 Å². The molecule has 5 heteroatoms. The third-order valence-electron chi connectivity index (χ3n) is 4.95. The fourth-order valence-electron chi connectivity index (χ4n) is 3.42. The number of carbonyl (C=O) groups is 1. The SMILES string of the molecule is Cc1cccc(-c2noc(CN(C(=O)c3cccc4ccccc34)C(C)C)n2)c1. The van der Waals surface area contributed by atoms with Gasteiger partial charge in [-0.3, -0.25) is 4.79 Å². The molecule has 0 aliphatic rings. The molecule has 0 fully saturated rings. The summed E-state index contributed by atoms with van der Waals surface area (Å²) >= 11 is 0. The first kappa shape index (κ1) is 18.9. The number of carbonyl (C=O) groups excluding carboxylic acids is 1. The van der Waals surface area contributed by atoms with E-state index < -0.39 is 0 Å². The van der Waals surface area contributed by atoms with Crippen LogP contribution >= 0.6 is 0 Å². The van der Waals surface area contributed by atoms with E-state index in [0.29, 0.717) is 17.3 Å². The fourth-order valence-corrected chi connectivity index (χ4v) is 3.42. The van der Waals surface area contributed by atoms with Gasteiger partial charge < -0.3 is 9.42 Å². The first-order chi connectivity index (χ1) is 14.0. The average molecular weight is 385 g/mol. The molecule has 0 radical (unpaired) electrons. The van der Waals surface area contributed by atoms with E-state index in [2.05, 4.69) is 10.1 Å². The Kier molecular flexibility index (Phi) is 5.12. The molecule has 4 aromatic rings. The smallest absolute Gasteiger partial charge is 0.255 e. The molecule has 0 saturated heterocycles. The summed E-state index contributed by atoms with van der Waals surface area (Å²) in [5.74, 6) is 0.904. The summed E-state index contributed by atoms with van der Waals surface area (Å²) in [6.45, 7) is 6.26. The summed E-state index contributed by atoms with van der Waals surface area (Å²) in [6.07, 6.45) is 0. The van der Waals surface area contributed by atoms with E-state index >= 15 is 0 Å². The van der Waals surface area contributed by atoms with Crippen LogP contribution in [0.4, 0.5) is 0 Å². The third kappa shape index (κ3) is 3.90. The first-order valence-corrected chi connectivity index (χ1v) is 9.71. The molecule has 0 atom stereocenters. The summed E-state index contributed by atoms with van der Waals surface area (Å²) < 4.78 is 5.46. The van der Waals surface area contributed by atoms with Gasteiger partial charge in [-0.05, 0) is 43.7 Å². The van der Waals surface area contributed by atoms with E-state index in [4.69, 9.17) is 4.52 Å². The molecule has 1 heterocycles. The van der Waals surface area contributed by atoms with E-state index in [1.54, 1.807) is 4.90 Å². The van der Waals surface area contributed by atoms with Crippen LogP contribution in [-0.2, 0) is 6.54 Å². The van der Waals surface area contributed by atoms with Gasteiger partial charge in [0.15, 0.2) is 0 Å². The Morgan fingerprint density at radius 2 is 1.79 bits per heavy atom. The molecular weight excluding hydrogens is 362 g/mol. The summed E-state index contributed by atoms with van der Waals surface area (Å²) in [5.41, 5.74) is 2.70. The highest BCUT2D eigenvalue weighted by atomic mass is 16.5. The highest BCUT2D eigenvalue weighted by Gasteiger charge is 2.23. The van der Waals surface area contributed by atoms with Gasteiger partial charge in [0.2, 0.25) is 11.7 Å². The van der Waals surface area contributed by atoms with E-state index in [0.717, 1.165) is 21.9 Å². The summed E-state index contributed by atoms with van der Waals surface area (Å²) in [5, 5.41) is 6.08. The maximum Gasteiger partial charge on any atom is 0.255 e. The van der Waals surface area contributed by atoms with Crippen molar-refractivity contribution in [2.45, 2.75) is 33.4 Å². The zero-order valence-corrected chi connectivity index (χ0v) is 16.8. The summed E-state index contributed by atoms with van der Waals surface area (Å²) in [7, 11) is 0. The number of amides is 1. The van der Waals surface area contributed by atoms with Crippen molar-refractivity contribution < 1.29 is 9.32 Å². The molecule has 0 unspecified atom stereocenters. The minimum absolute atomic E-state index is 0.0178. The Hall–Kier alpha value is -3.47. The molecule has 1 aromatic heterocycles. The van der Waals surface area contributed by atoms with Crippen LogP contribution < -0.4 is 0 Å². The summed E-state index contributed by atoms with van der Waals surface area (Å²) in [4.78, 5) is 19.6. The largest absolute Gasteiger partial charge is 0.337 e. The van der Waals surface area contributed by atoms with Gasteiger partial charge in [0.1, 0.15) is 6.54 Å². The molecule has 29 heavy (non-hydrogen) atoms. The van der Waals surface area contributed by atoms with Crippen molar-refractivity contribution in [1.29, 1.82) is 0 Å². The molecule has 3 aromatic carbocycles. The molecule has 1 amide bonds. The molecule has 0 bridgehead atoms. The second-order valence-corrected chi connectivity index (χ2v) is 7.43. The van der Waals surface area contributed by atoms with Crippen molar-refractivity contribution in [3.63, 3.8) is 0 Å². The molecule has 0 N–H and O–H groups in total. The Morgan fingerprint density at radius 1 is 1.03 bits per heavy atom. The number of aryl methyl sites for hydroxylation is 1. The van der Waals surface area contributed by atoms with Crippen LogP contribution in [0.25, 0.3) is 22.2 Å². The second-order valence-electron chi connectivity index (χ2n) is 7.43. The van der Waals surface area contributed by atoms with E-state index in [-0.39, 0.29) is 18.5 Å². The van der Waals surface area contributed by atoms with Gasteiger partial charge in [0, 0.05) is 17.2 Å². The van der Waals surface area contributed by atoms with Crippen LogP contribution in [0, 0.1) is 6.92 Å². The van der Waals surface area contributed by atoms with Crippen molar-refractivity contribution >= 4 is 16.7 Å². The first-order valence-electron chi connectivity index (χ1n) is 9.71. The van der Waals surface area contributed by atoms with Crippen LogP contribution in [0.15, 0.2) is 71.3 Å². The Labute approximate surface area is 170 Å². The van der Waals surface area contributed by atoms with Crippen LogP contribution in [0.5, 0.6) is 0 Å². The number of benzene rings is 3. The minimum atomic E-state index is -0.0490. The van der Waals surface area contributed by atoms with Gasteiger partial charge in [-0.15, -0.1) is 0 Å². The lowest BCUT2D eigenvalue weighted by Crippen LogP contribution is -2.36. The van der Waals surface area contributed by atoms with E-state index in [9.17, 15) is 4.79 Å². The van der Waals surface area contributed by atoms with Crippen molar-refractivity contribution in [1.82, 2.24) is 15.0 Å². The zero-order valence-electron chi connectivity index (χ0n) is 16.8. The van der Waals surface area contributed by atoms with Crippen LogP contribution in [0.3, 0.4) is 0 Å². The van der Waals surface area contributed by atoms with Crippen molar-refractivity contribution in [3.05, 3.63) is 83.7 Å². The maximum absolute atomic E-state index is 13.4. The van der Waals surface area contributed by atoms with Crippen molar-refractivity contribution in [3.8, 4) is 11.4 Å². The number of rotatable bonds is 5. The highest BCUT2D eigenvalue weighted by Crippen LogP contribution is 2.23. The highest BCUT2D eigenvalue weighted by molar-refractivity contribution is 6.07.